The quantitative estimate of drug-likeness (QED) is 0.823. The fourth-order valence-corrected chi connectivity index (χ4v) is 1.04. The van der Waals surface area contributed by atoms with Crippen LogP contribution in [0.25, 0.3) is 0 Å². The molecule has 0 aromatic heterocycles. The van der Waals surface area contributed by atoms with Crippen molar-refractivity contribution in [1.29, 1.82) is 0 Å². The van der Waals surface area contributed by atoms with E-state index < -0.39 is 23.1 Å². The van der Waals surface area contributed by atoms with E-state index in [-0.39, 0.29) is 12.4 Å². The topological polar surface area (TPSA) is 58.6 Å². The first-order chi connectivity index (χ1) is 7.89. The molecule has 0 saturated heterocycles. The Morgan fingerprint density at radius 3 is 2.59 bits per heavy atom. The molecule has 6 heteroatoms. The van der Waals surface area contributed by atoms with Crippen molar-refractivity contribution in [1.82, 2.24) is 5.32 Å². The maximum atomic E-state index is 12.9. The molecule has 1 aromatic carbocycles. The van der Waals surface area contributed by atoms with Gasteiger partial charge in [-0.2, -0.15) is 0 Å². The number of carboxylic acids is 1. The molecule has 0 fully saturated rings. The molecule has 0 aliphatic heterocycles. The smallest absolute Gasteiger partial charge is 0.327 e. The molecule has 2 N–H and O–H groups in total. The van der Waals surface area contributed by atoms with E-state index in [1.807, 2.05) is 0 Å². The van der Waals surface area contributed by atoms with Crippen molar-refractivity contribution in [2.24, 2.45) is 0 Å². The van der Waals surface area contributed by atoms with Crippen LogP contribution in [0.4, 0.5) is 8.78 Å². The lowest BCUT2D eigenvalue weighted by Crippen LogP contribution is -2.52. The summed E-state index contributed by atoms with van der Waals surface area (Å²) < 4.78 is 30.6. The number of rotatable bonds is 5. The van der Waals surface area contributed by atoms with Gasteiger partial charge in [-0.25, -0.2) is 8.78 Å². The third kappa shape index (κ3) is 3.13. The number of benzene rings is 1. The van der Waals surface area contributed by atoms with Crippen LogP contribution in [-0.2, 0) is 4.79 Å². The maximum Gasteiger partial charge on any atom is 0.327 e. The van der Waals surface area contributed by atoms with Crippen LogP contribution in [-0.4, -0.2) is 30.3 Å². The summed E-state index contributed by atoms with van der Waals surface area (Å²) in [4.78, 5) is 10.9. The highest BCUT2D eigenvalue weighted by Crippen LogP contribution is 2.17. The van der Waals surface area contributed by atoms with Gasteiger partial charge in [-0.1, -0.05) is 0 Å². The van der Waals surface area contributed by atoms with E-state index in [0.29, 0.717) is 0 Å². The highest BCUT2D eigenvalue weighted by molar-refractivity contribution is 5.78. The molecule has 0 amide bonds. The van der Waals surface area contributed by atoms with E-state index in [9.17, 15) is 13.6 Å². The second-order valence-corrected chi connectivity index (χ2v) is 3.75. The highest BCUT2D eigenvalue weighted by atomic mass is 19.2. The second-order valence-electron chi connectivity index (χ2n) is 3.75. The van der Waals surface area contributed by atoms with E-state index in [1.165, 1.54) is 20.0 Å². The number of carbonyl (C=O) groups is 1. The molecule has 0 aliphatic carbocycles. The van der Waals surface area contributed by atoms with Crippen LogP contribution in [0.1, 0.15) is 6.92 Å². The number of hydrogen-bond donors (Lipinski definition) is 2. The maximum absolute atomic E-state index is 12.9. The third-order valence-electron chi connectivity index (χ3n) is 2.44. The van der Waals surface area contributed by atoms with Crippen LogP contribution in [0.5, 0.6) is 5.75 Å². The van der Waals surface area contributed by atoms with Crippen molar-refractivity contribution in [2.75, 3.05) is 13.7 Å². The monoisotopic (exact) mass is 245 g/mol. The van der Waals surface area contributed by atoms with Crippen LogP contribution >= 0.6 is 0 Å². The van der Waals surface area contributed by atoms with Crippen LogP contribution in [0.15, 0.2) is 18.2 Å². The first-order valence-electron chi connectivity index (χ1n) is 4.89. The predicted molar refractivity (Wildman–Crippen MR) is 57.0 cm³/mol. The van der Waals surface area contributed by atoms with E-state index in [0.717, 1.165) is 12.1 Å². The van der Waals surface area contributed by atoms with Crippen molar-refractivity contribution in [3.8, 4) is 5.75 Å². The lowest BCUT2D eigenvalue weighted by molar-refractivity contribution is -0.145. The van der Waals surface area contributed by atoms with Gasteiger partial charge in [-0.05, 0) is 26.1 Å². The fraction of sp³-hybridized carbons (Fsp3) is 0.364. The average Bonchev–Trinajstić information content (AvgIpc) is 2.30. The van der Waals surface area contributed by atoms with Crippen molar-refractivity contribution in [3.05, 3.63) is 29.8 Å². The molecular formula is C11H13F2NO3. The Labute approximate surface area is 97.2 Å². The molecule has 1 rings (SSSR count). The van der Waals surface area contributed by atoms with Gasteiger partial charge in [-0.15, -0.1) is 0 Å². The minimum atomic E-state index is -1.29. The molecule has 0 bridgehead atoms. The molecular weight excluding hydrogens is 232 g/mol. The van der Waals surface area contributed by atoms with Gasteiger partial charge in [0.05, 0.1) is 0 Å². The Kier molecular flexibility index (Phi) is 4.01. The van der Waals surface area contributed by atoms with Gasteiger partial charge in [0.2, 0.25) is 0 Å². The van der Waals surface area contributed by atoms with Crippen molar-refractivity contribution in [2.45, 2.75) is 12.5 Å². The average molecular weight is 245 g/mol. The summed E-state index contributed by atoms with van der Waals surface area (Å²) in [5, 5.41) is 11.5. The summed E-state index contributed by atoms with van der Waals surface area (Å²) in [7, 11) is 1.47. The Hall–Kier alpha value is -1.69. The van der Waals surface area contributed by atoms with Gasteiger partial charge in [0.25, 0.3) is 0 Å². The van der Waals surface area contributed by atoms with Gasteiger partial charge in [0, 0.05) is 6.07 Å². The van der Waals surface area contributed by atoms with Crippen LogP contribution < -0.4 is 10.1 Å². The number of aliphatic carboxylic acids is 1. The minimum absolute atomic E-state index is 0.0756. The van der Waals surface area contributed by atoms with E-state index in [2.05, 4.69) is 5.32 Å². The molecule has 1 aromatic rings. The third-order valence-corrected chi connectivity index (χ3v) is 2.44. The largest absolute Gasteiger partial charge is 0.491 e. The summed E-state index contributed by atoms with van der Waals surface area (Å²) in [6, 6.07) is 3.02. The van der Waals surface area contributed by atoms with Crippen molar-refractivity contribution < 1.29 is 23.4 Å². The summed E-state index contributed by atoms with van der Waals surface area (Å²) in [6.45, 7) is 1.22. The molecule has 1 atom stereocenters. The van der Waals surface area contributed by atoms with E-state index in [1.54, 1.807) is 0 Å². The second kappa shape index (κ2) is 5.09. The van der Waals surface area contributed by atoms with Gasteiger partial charge in [0.15, 0.2) is 11.6 Å². The van der Waals surface area contributed by atoms with Crippen LogP contribution in [0.3, 0.4) is 0 Å². The minimum Gasteiger partial charge on any atom is -0.491 e. The number of nitrogens with one attached hydrogen (secondary N) is 1. The zero-order valence-corrected chi connectivity index (χ0v) is 9.46. The van der Waals surface area contributed by atoms with E-state index >= 15 is 0 Å². The first kappa shape index (κ1) is 13.4. The number of ether oxygens (including phenoxy) is 1. The first-order valence-corrected chi connectivity index (χ1v) is 4.89. The predicted octanol–water partition coefficient (Wildman–Crippen LogP) is 1.41. The van der Waals surface area contributed by atoms with Crippen molar-refractivity contribution in [3.63, 3.8) is 0 Å². The summed E-state index contributed by atoms with van der Waals surface area (Å²) in [5.74, 6) is -3.04. The molecule has 17 heavy (non-hydrogen) atoms. The molecule has 0 aliphatic rings. The number of hydrogen-bond acceptors (Lipinski definition) is 3. The molecule has 4 nitrogen and oxygen atoms in total. The molecule has 94 valence electrons. The Balaban J connectivity index is 2.73. The molecule has 0 heterocycles. The van der Waals surface area contributed by atoms with Gasteiger partial charge in [-0.3, -0.25) is 4.79 Å². The molecule has 0 spiro atoms. The Morgan fingerprint density at radius 2 is 2.12 bits per heavy atom. The SMILES string of the molecule is CNC(C)(COc1ccc(F)c(F)c1)C(=O)O. The van der Waals surface area contributed by atoms with Gasteiger partial charge < -0.3 is 15.2 Å². The van der Waals surface area contributed by atoms with Crippen LogP contribution in [0, 0.1) is 11.6 Å². The summed E-state index contributed by atoms with van der Waals surface area (Å²) in [5.41, 5.74) is -1.29. The lowest BCUT2D eigenvalue weighted by atomic mass is 10.1. The lowest BCUT2D eigenvalue weighted by Gasteiger charge is -2.24. The normalized spacial score (nSPS) is 14.1. The van der Waals surface area contributed by atoms with E-state index in [4.69, 9.17) is 9.84 Å². The number of halogens is 2. The highest BCUT2D eigenvalue weighted by Gasteiger charge is 2.32. The summed E-state index contributed by atoms with van der Waals surface area (Å²) >= 11 is 0. The number of carboxylic acid groups (broad SMARTS) is 1. The Morgan fingerprint density at radius 1 is 1.47 bits per heavy atom. The number of likely N-dealkylation sites (N-methyl/N-ethyl adjacent to an activating group) is 1. The van der Waals surface area contributed by atoms with Gasteiger partial charge in [0.1, 0.15) is 17.9 Å². The van der Waals surface area contributed by atoms with Crippen molar-refractivity contribution >= 4 is 5.97 Å². The van der Waals surface area contributed by atoms with Crippen LogP contribution in [0.2, 0.25) is 0 Å². The molecule has 0 saturated carbocycles. The van der Waals surface area contributed by atoms with Gasteiger partial charge >= 0.3 is 5.97 Å². The molecule has 1 unspecified atom stereocenters. The zero-order chi connectivity index (χ0) is 13.1. The Bertz CT molecular complexity index is 425. The standard InChI is InChI=1S/C11H13F2NO3/c1-11(14-2,10(15)16)6-17-7-3-4-8(12)9(13)5-7/h3-5,14H,6H2,1-2H3,(H,15,16). The fourth-order valence-electron chi connectivity index (χ4n) is 1.04. The summed E-state index contributed by atoms with van der Waals surface area (Å²) in [6.07, 6.45) is 0. The molecule has 0 radical (unpaired) electrons. The zero-order valence-electron chi connectivity index (χ0n) is 9.46.